The average molecular weight is 343 g/mol. The number of ether oxygens (including phenoxy) is 4. The topological polar surface area (TPSA) is 36.9 Å². The van der Waals surface area contributed by atoms with Crippen molar-refractivity contribution in [2.75, 3.05) is 26.4 Å². The quantitative estimate of drug-likeness (QED) is 0.598. The molecule has 0 spiro atoms. The standard InChI is InChI=1S/C21H27O4/c1-5-15-25-18-12-10-9-11-16(18)17-13-14-19(22-6-2)21(24-8-4)20(17)23-7-3/h9-11,13-14H,5-8,15H2,1-4H3. The van der Waals surface area contributed by atoms with Gasteiger partial charge in [-0.2, -0.15) is 0 Å². The molecule has 0 heterocycles. The van der Waals surface area contributed by atoms with Gasteiger partial charge in [-0.15, -0.1) is 0 Å². The highest BCUT2D eigenvalue weighted by molar-refractivity contribution is 5.80. The fourth-order valence-electron chi connectivity index (χ4n) is 2.55. The molecule has 4 nitrogen and oxygen atoms in total. The maximum atomic E-state index is 5.95. The lowest BCUT2D eigenvalue weighted by atomic mass is 10.0. The summed E-state index contributed by atoms with van der Waals surface area (Å²) in [5.74, 6) is 2.72. The van der Waals surface area contributed by atoms with E-state index in [9.17, 15) is 0 Å². The van der Waals surface area contributed by atoms with Crippen LogP contribution in [0, 0.1) is 6.07 Å². The van der Waals surface area contributed by atoms with E-state index in [1.54, 1.807) is 0 Å². The molecular weight excluding hydrogens is 316 g/mol. The van der Waals surface area contributed by atoms with Gasteiger partial charge in [0.15, 0.2) is 11.5 Å². The van der Waals surface area contributed by atoms with E-state index < -0.39 is 0 Å². The molecule has 25 heavy (non-hydrogen) atoms. The first-order chi connectivity index (χ1) is 12.3. The number of hydrogen-bond donors (Lipinski definition) is 0. The minimum atomic E-state index is 0.531. The molecule has 0 fully saturated rings. The van der Waals surface area contributed by atoms with Crippen LogP contribution in [0.4, 0.5) is 0 Å². The molecule has 0 N–H and O–H groups in total. The zero-order valence-corrected chi connectivity index (χ0v) is 15.6. The predicted octanol–water partition coefficient (Wildman–Crippen LogP) is 5.14. The Kier molecular flexibility index (Phi) is 7.45. The smallest absolute Gasteiger partial charge is 0.204 e. The molecule has 2 rings (SSSR count). The summed E-state index contributed by atoms with van der Waals surface area (Å²) < 4.78 is 23.4. The van der Waals surface area contributed by atoms with Crippen LogP contribution < -0.4 is 18.9 Å². The Labute approximate surface area is 150 Å². The lowest BCUT2D eigenvalue weighted by Crippen LogP contribution is -2.04. The van der Waals surface area contributed by atoms with Gasteiger partial charge in [-0.3, -0.25) is 0 Å². The Morgan fingerprint density at radius 3 is 2.16 bits per heavy atom. The lowest BCUT2D eigenvalue weighted by molar-refractivity contribution is 0.261. The predicted molar refractivity (Wildman–Crippen MR) is 100 cm³/mol. The van der Waals surface area contributed by atoms with Gasteiger partial charge in [0, 0.05) is 17.2 Å². The zero-order valence-electron chi connectivity index (χ0n) is 15.6. The Balaban J connectivity index is 2.59. The Hall–Kier alpha value is -2.36. The highest BCUT2D eigenvalue weighted by Crippen LogP contribution is 2.46. The third kappa shape index (κ3) is 4.59. The third-order valence-corrected chi connectivity index (χ3v) is 3.51. The highest BCUT2D eigenvalue weighted by atomic mass is 16.5. The normalized spacial score (nSPS) is 10.4. The maximum Gasteiger partial charge on any atom is 0.204 e. The second-order valence-corrected chi connectivity index (χ2v) is 5.33. The molecule has 0 atom stereocenters. The molecule has 0 bridgehead atoms. The van der Waals surface area contributed by atoms with E-state index in [4.69, 9.17) is 18.9 Å². The summed E-state index contributed by atoms with van der Waals surface area (Å²) in [6, 6.07) is 12.9. The van der Waals surface area contributed by atoms with Gasteiger partial charge >= 0.3 is 0 Å². The molecule has 0 aliphatic carbocycles. The SMILES string of the molecule is CCCOc1[c]cccc1-c1ccc(OCC)c(OCC)c1OCC. The molecule has 2 aromatic carbocycles. The summed E-state index contributed by atoms with van der Waals surface area (Å²) in [5.41, 5.74) is 1.85. The Morgan fingerprint density at radius 1 is 0.760 bits per heavy atom. The molecule has 0 aliphatic heterocycles. The van der Waals surface area contributed by atoms with E-state index in [1.165, 1.54) is 0 Å². The van der Waals surface area contributed by atoms with E-state index in [2.05, 4.69) is 13.0 Å². The van der Waals surface area contributed by atoms with Crippen molar-refractivity contribution in [3.05, 3.63) is 36.4 Å². The molecule has 135 valence electrons. The molecular formula is C21H27O4. The van der Waals surface area contributed by atoms with Crippen LogP contribution in [-0.2, 0) is 0 Å². The van der Waals surface area contributed by atoms with Crippen LogP contribution in [0.2, 0.25) is 0 Å². The van der Waals surface area contributed by atoms with Gasteiger partial charge in [-0.05, 0) is 39.3 Å². The first-order valence-electron chi connectivity index (χ1n) is 8.95. The van der Waals surface area contributed by atoms with Gasteiger partial charge in [0.05, 0.1) is 26.4 Å². The monoisotopic (exact) mass is 343 g/mol. The number of rotatable bonds is 10. The van der Waals surface area contributed by atoms with Gasteiger partial charge in [0.1, 0.15) is 5.75 Å². The Morgan fingerprint density at radius 2 is 1.48 bits per heavy atom. The molecule has 1 radical (unpaired) electrons. The van der Waals surface area contributed by atoms with Gasteiger partial charge in [0.25, 0.3) is 0 Å². The lowest BCUT2D eigenvalue weighted by Gasteiger charge is -2.20. The zero-order chi connectivity index (χ0) is 18.1. The van der Waals surface area contributed by atoms with Crippen LogP contribution in [0.25, 0.3) is 11.1 Å². The second-order valence-electron chi connectivity index (χ2n) is 5.33. The second kappa shape index (κ2) is 9.82. The van der Waals surface area contributed by atoms with Gasteiger partial charge in [-0.1, -0.05) is 25.1 Å². The van der Waals surface area contributed by atoms with Crippen molar-refractivity contribution in [2.24, 2.45) is 0 Å². The van der Waals surface area contributed by atoms with Crippen LogP contribution in [0.3, 0.4) is 0 Å². The van der Waals surface area contributed by atoms with E-state index in [0.29, 0.717) is 43.7 Å². The van der Waals surface area contributed by atoms with Crippen molar-refractivity contribution < 1.29 is 18.9 Å². The molecule has 4 heteroatoms. The summed E-state index contributed by atoms with van der Waals surface area (Å²) in [6.45, 7) is 10.2. The number of para-hydroxylation sites is 1. The summed E-state index contributed by atoms with van der Waals surface area (Å²) >= 11 is 0. The summed E-state index contributed by atoms with van der Waals surface area (Å²) in [4.78, 5) is 0. The fourth-order valence-corrected chi connectivity index (χ4v) is 2.55. The molecule has 2 aromatic rings. The van der Waals surface area contributed by atoms with Crippen molar-refractivity contribution in [3.8, 4) is 34.1 Å². The summed E-state index contributed by atoms with van der Waals surface area (Å²) in [5, 5.41) is 0. The molecule has 0 amide bonds. The summed E-state index contributed by atoms with van der Waals surface area (Å²) in [7, 11) is 0. The first-order valence-corrected chi connectivity index (χ1v) is 8.95. The van der Waals surface area contributed by atoms with E-state index in [-0.39, 0.29) is 0 Å². The minimum Gasteiger partial charge on any atom is -0.492 e. The molecule has 0 unspecified atom stereocenters. The Bertz CT molecular complexity index is 667. The van der Waals surface area contributed by atoms with Gasteiger partial charge in [-0.25, -0.2) is 0 Å². The van der Waals surface area contributed by atoms with E-state index in [1.807, 2.05) is 51.1 Å². The van der Waals surface area contributed by atoms with Crippen LogP contribution in [0.5, 0.6) is 23.0 Å². The first kappa shape index (κ1) is 19.0. The molecule has 0 saturated heterocycles. The van der Waals surface area contributed by atoms with Crippen molar-refractivity contribution in [1.29, 1.82) is 0 Å². The largest absolute Gasteiger partial charge is 0.492 e. The number of hydrogen-bond acceptors (Lipinski definition) is 4. The van der Waals surface area contributed by atoms with Crippen molar-refractivity contribution >= 4 is 0 Å². The van der Waals surface area contributed by atoms with Crippen molar-refractivity contribution in [3.63, 3.8) is 0 Å². The summed E-state index contributed by atoms with van der Waals surface area (Å²) in [6.07, 6.45) is 0.938. The maximum absolute atomic E-state index is 5.95. The van der Waals surface area contributed by atoms with Gasteiger partial charge < -0.3 is 18.9 Å². The van der Waals surface area contributed by atoms with E-state index >= 15 is 0 Å². The fraction of sp³-hybridized carbons (Fsp3) is 0.429. The minimum absolute atomic E-state index is 0.531. The van der Waals surface area contributed by atoms with Crippen LogP contribution in [0.15, 0.2) is 30.3 Å². The van der Waals surface area contributed by atoms with Crippen molar-refractivity contribution in [2.45, 2.75) is 34.1 Å². The van der Waals surface area contributed by atoms with Crippen LogP contribution in [-0.4, -0.2) is 26.4 Å². The molecule has 0 saturated carbocycles. The van der Waals surface area contributed by atoms with Crippen LogP contribution >= 0.6 is 0 Å². The van der Waals surface area contributed by atoms with Crippen molar-refractivity contribution in [1.82, 2.24) is 0 Å². The van der Waals surface area contributed by atoms with Crippen LogP contribution in [0.1, 0.15) is 34.1 Å². The third-order valence-electron chi connectivity index (χ3n) is 3.51. The molecule has 0 aliphatic rings. The van der Waals surface area contributed by atoms with Gasteiger partial charge in [0.2, 0.25) is 5.75 Å². The van der Waals surface area contributed by atoms with E-state index in [0.717, 1.165) is 23.3 Å². The highest BCUT2D eigenvalue weighted by Gasteiger charge is 2.20. The molecule has 0 aromatic heterocycles. The number of benzene rings is 2. The average Bonchev–Trinajstić information content (AvgIpc) is 2.63.